The van der Waals surface area contributed by atoms with Gasteiger partial charge in [0.15, 0.2) is 0 Å². The monoisotopic (exact) mass is 280 g/mol. The first-order chi connectivity index (χ1) is 9.78. The number of carbonyl (C=O) groups excluding carboxylic acids is 1. The predicted octanol–water partition coefficient (Wildman–Crippen LogP) is 1.89. The summed E-state index contributed by atoms with van der Waals surface area (Å²) in [5.41, 5.74) is 0. The molecule has 0 amide bonds. The van der Waals surface area contributed by atoms with Gasteiger partial charge in [-0.05, 0) is 58.0 Å². The van der Waals surface area contributed by atoms with E-state index >= 15 is 0 Å². The highest BCUT2D eigenvalue weighted by atomic mass is 16.5. The second-order valence-corrected chi connectivity index (χ2v) is 6.58. The fraction of sp³-hybridized carbons (Fsp3) is 0.938. The van der Waals surface area contributed by atoms with E-state index in [2.05, 4.69) is 9.80 Å². The molecule has 1 saturated carbocycles. The van der Waals surface area contributed by atoms with Crippen LogP contribution in [0, 0.1) is 5.92 Å². The summed E-state index contributed by atoms with van der Waals surface area (Å²) in [7, 11) is 0. The van der Waals surface area contributed by atoms with Crippen LogP contribution in [0.2, 0.25) is 0 Å². The molecule has 0 aromatic heterocycles. The van der Waals surface area contributed by atoms with E-state index in [0.717, 1.165) is 31.1 Å². The van der Waals surface area contributed by atoms with Gasteiger partial charge in [-0.3, -0.25) is 9.69 Å². The van der Waals surface area contributed by atoms with Gasteiger partial charge in [0.1, 0.15) is 0 Å². The molecule has 4 heteroatoms. The summed E-state index contributed by atoms with van der Waals surface area (Å²) < 4.78 is 5.02. The summed E-state index contributed by atoms with van der Waals surface area (Å²) in [5.74, 6) is 0.790. The quantitative estimate of drug-likeness (QED) is 0.720. The Morgan fingerprint density at radius 1 is 1.20 bits per heavy atom. The van der Waals surface area contributed by atoms with Gasteiger partial charge < -0.3 is 9.64 Å². The molecule has 0 unspecified atom stereocenters. The number of likely N-dealkylation sites (tertiary alicyclic amines) is 2. The lowest BCUT2D eigenvalue weighted by molar-refractivity contribution is -0.143. The SMILES string of the molecule is CCOC(=O)CCN1CC[C@H]2[C@H](CCCN2C2CC2)C1. The fourth-order valence-electron chi connectivity index (χ4n) is 4.06. The molecule has 0 N–H and O–H groups in total. The molecule has 1 aliphatic carbocycles. The molecule has 0 spiro atoms. The van der Waals surface area contributed by atoms with E-state index in [9.17, 15) is 4.79 Å². The summed E-state index contributed by atoms with van der Waals surface area (Å²) in [6.07, 6.45) is 7.44. The summed E-state index contributed by atoms with van der Waals surface area (Å²) in [6, 6.07) is 1.74. The van der Waals surface area contributed by atoms with Crippen LogP contribution in [0.1, 0.15) is 45.4 Å². The topological polar surface area (TPSA) is 32.8 Å². The van der Waals surface area contributed by atoms with Crippen LogP contribution in [0.4, 0.5) is 0 Å². The largest absolute Gasteiger partial charge is 0.466 e. The highest BCUT2D eigenvalue weighted by molar-refractivity contribution is 5.69. The first kappa shape index (κ1) is 14.3. The number of carbonyl (C=O) groups is 1. The van der Waals surface area contributed by atoms with Gasteiger partial charge in [0.05, 0.1) is 13.0 Å². The zero-order valence-electron chi connectivity index (χ0n) is 12.7. The Bertz CT molecular complexity index is 343. The van der Waals surface area contributed by atoms with Gasteiger partial charge >= 0.3 is 5.97 Å². The smallest absolute Gasteiger partial charge is 0.307 e. The minimum absolute atomic E-state index is 0.0436. The zero-order valence-corrected chi connectivity index (χ0v) is 12.7. The van der Waals surface area contributed by atoms with Crippen LogP contribution in [-0.2, 0) is 9.53 Å². The molecule has 0 bridgehead atoms. The van der Waals surface area contributed by atoms with Gasteiger partial charge in [-0.25, -0.2) is 0 Å². The molecule has 4 nitrogen and oxygen atoms in total. The summed E-state index contributed by atoms with van der Waals surface area (Å²) in [4.78, 5) is 16.7. The Morgan fingerprint density at radius 3 is 2.80 bits per heavy atom. The van der Waals surface area contributed by atoms with Crippen LogP contribution in [0.15, 0.2) is 0 Å². The number of hydrogen-bond acceptors (Lipinski definition) is 4. The first-order valence-corrected chi connectivity index (χ1v) is 8.41. The first-order valence-electron chi connectivity index (χ1n) is 8.41. The van der Waals surface area contributed by atoms with E-state index in [4.69, 9.17) is 4.74 Å². The molecule has 2 aliphatic heterocycles. The van der Waals surface area contributed by atoms with E-state index in [1.165, 1.54) is 45.2 Å². The van der Waals surface area contributed by atoms with Crippen molar-refractivity contribution in [2.75, 3.05) is 32.8 Å². The molecule has 114 valence electrons. The van der Waals surface area contributed by atoms with Crippen LogP contribution in [0.5, 0.6) is 0 Å². The average molecular weight is 280 g/mol. The van der Waals surface area contributed by atoms with Gasteiger partial charge in [-0.1, -0.05) is 0 Å². The maximum atomic E-state index is 11.5. The molecule has 2 heterocycles. The maximum Gasteiger partial charge on any atom is 0.307 e. The third-order valence-corrected chi connectivity index (χ3v) is 5.15. The van der Waals surface area contributed by atoms with E-state index in [0.29, 0.717) is 13.0 Å². The number of rotatable bonds is 5. The summed E-state index contributed by atoms with van der Waals surface area (Å²) in [5, 5.41) is 0. The van der Waals surface area contributed by atoms with Gasteiger partial charge in [0.25, 0.3) is 0 Å². The van der Waals surface area contributed by atoms with Gasteiger partial charge in [0.2, 0.25) is 0 Å². The van der Waals surface area contributed by atoms with Crippen LogP contribution in [-0.4, -0.2) is 60.6 Å². The van der Waals surface area contributed by atoms with Crippen molar-refractivity contribution in [3.63, 3.8) is 0 Å². The van der Waals surface area contributed by atoms with Gasteiger partial charge in [-0.2, -0.15) is 0 Å². The number of esters is 1. The Kier molecular flexibility index (Phi) is 4.61. The second-order valence-electron chi connectivity index (χ2n) is 6.58. The predicted molar refractivity (Wildman–Crippen MR) is 78.5 cm³/mol. The minimum Gasteiger partial charge on any atom is -0.466 e. The molecule has 3 rings (SSSR count). The normalized spacial score (nSPS) is 31.9. The number of hydrogen-bond donors (Lipinski definition) is 0. The van der Waals surface area contributed by atoms with Gasteiger partial charge in [0, 0.05) is 25.2 Å². The Labute approximate surface area is 122 Å². The van der Waals surface area contributed by atoms with Crippen molar-refractivity contribution in [2.24, 2.45) is 5.92 Å². The van der Waals surface area contributed by atoms with E-state index in [1.54, 1.807) is 0 Å². The number of ether oxygens (including phenoxy) is 1. The van der Waals surface area contributed by atoms with Crippen LogP contribution in [0.3, 0.4) is 0 Å². The van der Waals surface area contributed by atoms with Crippen molar-refractivity contribution in [3.8, 4) is 0 Å². The van der Waals surface area contributed by atoms with E-state index in [-0.39, 0.29) is 5.97 Å². The fourth-order valence-corrected chi connectivity index (χ4v) is 4.06. The van der Waals surface area contributed by atoms with Crippen molar-refractivity contribution < 1.29 is 9.53 Å². The molecular formula is C16H28N2O2. The summed E-state index contributed by atoms with van der Waals surface area (Å²) in [6.45, 7) is 6.93. The zero-order chi connectivity index (χ0) is 13.9. The number of piperidine rings is 2. The van der Waals surface area contributed by atoms with Crippen LogP contribution >= 0.6 is 0 Å². The van der Waals surface area contributed by atoms with Crippen molar-refractivity contribution in [2.45, 2.75) is 57.5 Å². The molecule has 20 heavy (non-hydrogen) atoms. The van der Waals surface area contributed by atoms with Crippen LogP contribution in [0.25, 0.3) is 0 Å². The molecule has 3 fully saturated rings. The Hall–Kier alpha value is -0.610. The minimum atomic E-state index is -0.0436. The van der Waals surface area contributed by atoms with Gasteiger partial charge in [-0.15, -0.1) is 0 Å². The van der Waals surface area contributed by atoms with E-state index in [1.807, 2.05) is 6.92 Å². The van der Waals surface area contributed by atoms with Crippen molar-refractivity contribution in [1.29, 1.82) is 0 Å². The lowest BCUT2D eigenvalue weighted by atomic mass is 9.83. The average Bonchev–Trinajstić information content (AvgIpc) is 3.29. The summed E-state index contributed by atoms with van der Waals surface area (Å²) >= 11 is 0. The van der Waals surface area contributed by atoms with Crippen molar-refractivity contribution >= 4 is 5.97 Å². The van der Waals surface area contributed by atoms with Crippen molar-refractivity contribution in [1.82, 2.24) is 9.80 Å². The lowest BCUT2D eigenvalue weighted by Crippen LogP contribution is -2.54. The molecular weight excluding hydrogens is 252 g/mol. The van der Waals surface area contributed by atoms with E-state index < -0.39 is 0 Å². The molecule has 0 aromatic carbocycles. The molecule has 2 saturated heterocycles. The Morgan fingerprint density at radius 2 is 2.05 bits per heavy atom. The molecule has 2 atom stereocenters. The highest BCUT2D eigenvalue weighted by Gasteiger charge is 2.41. The van der Waals surface area contributed by atoms with Crippen LogP contribution < -0.4 is 0 Å². The van der Waals surface area contributed by atoms with Crippen molar-refractivity contribution in [3.05, 3.63) is 0 Å². The highest BCUT2D eigenvalue weighted by Crippen LogP contribution is 2.38. The standard InChI is InChI=1S/C16H28N2O2/c1-2-20-16(19)8-11-17-10-7-15-13(12-17)4-3-9-18(15)14-5-6-14/h13-15H,2-12H2,1H3/t13-,15+/m1/s1. The lowest BCUT2D eigenvalue weighted by Gasteiger charge is -2.47. The second kappa shape index (κ2) is 6.44. The number of fused-ring (bicyclic) bond motifs is 1. The third-order valence-electron chi connectivity index (χ3n) is 5.15. The Balaban J connectivity index is 1.47. The molecule has 0 aromatic rings. The number of nitrogens with zero attached hydrogens (tertiary/aromatic N) is 2. The molecule has 0 radical (unpaired) electrons. The maximum absolute atomic E-state index is 11.5. The molecule has 3 aliphatic rings. The third kappa shape index (κ3) is 3.34.